The van der Waals surface area contributed by atoms with Crippen molar-refractivity contribution in [3.05, 3.63) is 0 Å². The first-order chi connectivity index (χ1) is 33.0. The van der Waals surface area contributed by atoms with Gasteiger partial charge >= 0.3 is 0 Å². The first-order valence-electron chi connectivity index (χ1n) is 25.1. The summed E-state index contributed by atoms with van der Waals surface area (Å²) in [6.45, 7) is 16.6. The molecule has 0 aromatic rings. The maximum absolute atomic E-state index is 14.2. The van der Waals surface area contributed by atoms with Crippen LogP contribution in [0.2, 0.25) is 0 Å². The lowest BCUT2D eigenvalue weighted by atomic mass is 9.95. The van der Waals surface area contributed by atoms with Gasteiger partial charge in [0.15, 0.2) is 5.96 Å². The van der Waals surface area contributed by atoms with Crippen LogP contribution in [0.1, 0.15) is 127 Å². The fourth-order valence-electron chi connectivity index (χ4n) is 8.47. The van der Waals surface area contributed by atoms with E-state index in [2.05, 4.69) is 47.5 Å². The predicted molar refractivity (Wildman–Crippen MR) is 264 cm³/mol. The third-order valence-electron chi connectivity index (χ3n) is 13.1. The number of nitrogens with one attached hydrogen (secondary N) is 8. The summed E-state index contributed by atoms with van der Waals surface area (Å²) in [5.41, 5.74) is 11.0. The van der Waals surface area contributed by atoms with Crippen molar-refractivity contribution in [3.8, 4) is 0 Å². The van der Waals surface area contributed by atoms with Crippen LogP contribution in [0.3, 0.4) is 0 Å². The predicted octanol–water partition coefficient (Wildman–Crippen LogP) is -1.78. The molecule has 2 fully saturated rings. The number of aliphatic imine (C=N–C) groups is 1. The number of hydrogen-bond donors (Lipinski definition) is 11. The van der Waals surface area contributed by atoms with Gasteiger partial charge in [0.2, 0.25) is 53.2 Å². The molecule has 0 spiro atoms. The minimum absolute atomic E-state index is 0.101. The van der Waals surface area contributed by atoms with Crippen molar-refractivity contribution in [1.82, 2.24) is 52.3 Å². The Labute approximate surface area is 413 Å². The molecular weight excluding hydrogens is 907 g/mol. The topological polar surface area (TPSA) is 341 Å². The minimum Gasteiger partial charge on any atom is -0.391 e. The van der Waals surface area contributed by atoms with Crippen molar-refractivity contribution in [1.29, 1.82) is 0 Å². The summed E-state index contributed by atoms with van der Waals surface area (Å²) in [6, 6.07) is -8.48. The van der Waals surface area contributed by atoms with Crippen LogP contribution in [0.25, 0.3) is 0 Å². The average Bonchev–Trinajstić information content (AvgIpc) is 3.99. The number of aliphatic hydroxyl groups excluding tert-OH is 1. The van der Waals surface area contributed by atoms with Crippen LogP contribution in [0.15, 0.2) is 4.99 Å². The lowest BCUT2D eigenvalue weighted by Gasteiger charge is -2.32. The van der Waals surface area contributed by atoms with Gasteiger partial charge in [-0.25, -0.2) is 0 Å². The number of guanidine groups is 1. The van der Waals surface area contributed by atoms with E-state index in [4.69, 9.17) is 11.5 Å². The number of hydrogen-bond acceptors (Lipinski definition) is 12. The first kappa shape index (κ1) is 60.5. The second-order valence-electron chi connectivity index (χ2n) is 19.1. The summed E-state index contributed by atoms with van der Waals surface area (Å²) in [5.74, 6) is -6.93. The van der Waals surface area contributed by atoms with Gasteiger partial charge in [0.05, 0.1) is 18.7 Å². The van der Waals surface area contributed by atoms with E-state index in [1.54, 1.807) is 48.5 Å². The zero-order chi connectivity index (χ0) is 52.8. The summed E-state index contributed by atoms with van der Waals surface area (Å²) < 4.78 is 0. The number of rotatable bonds is 29. The first-order valence-corrected chi connectivity index (χ1v) is 25.1. The van der Waals surface area contributed by atoms with Crippen LogP contribution in [0, 0.1) is 17.8 Å². The van der Waals surface area contributed by atoms with E-state index < -0.39 is 108 Å². The second kappa shape index (κ2) is 30.2. The van der Waals surface area contributed by atoms with E-state index in [1.165, 1.54) is 11.8 Å². The summed E-state index contributed by atoms with van der Waals surface area (Å²) in [4.78, 5) is 130. The van der Waals surface area contributed by atoms with E-state index >= 15 is 0 Å². The van der Waals surface area contributed by atoms with Crippen LogP contribution in [0.4, 0.5) is 0 Å². The standard InChI is InChI=1S/C47H85N13O10/c1-11-18-30(39(63)56-36(27(7)12-2)43(67)54-31(19-15-22-51-47(48)49)46(70)60-24-17-21-33(60)41(65)50-14-4)53-45(69)38(29(9)61)58-44(68)37(28(8)13-3)57-42(66)35(26(5)6)55-34(62)25-52-40(64)32-20-16-23-59(32)10/h26-33,35-38,61H,11-25H2,1-10H3,(H,50,65)(H,52,64)(H,53,69)(H,54,67)(H,55,62)(H,56,63)(H,57,66)(H,58,68)(H4,48,49,51)/t27-,28-,29-,30-,31-,32-,33-,35-,36-,37+,38-/m0/s1. The molecule has 0 aromatic carbocycles. The summed E-state index contributed by atoms with van der Waals surface area (Å²) in [5, 5.41) is 32.4. The zero-order valence-corrected chi connectivity index (χ0v) is 43.2. The Morgan fingerprint density at radius 1 is 0.629 bits per heavy atom. The molecule has 70 heavy (non-hydrogen) atoms. The molecule has 2 aliphatic heterocycles. The molecule has 23 heteroatoms. The molecule has 0 unspecified atom stereocenters. The molecule has 2 aliphatic rings. The molecule has 13 N–H and O–H groups in total. The van der Waals surface area contributed by atoms with Crippen LogP contribution < -0.4 is 54.0 Å². The normalized spacial score (nSPS) is 19.7. The quantitative estimate of drug-likeness (QED) is 0.0225. The van der Waals surface area contributed by atoms with E-state index in [0.29, 0.717) is 58.0 Å². The SMILES string of the molecule is CCC[C@H](NC(=O)[C@@H](NC(=O)[C@H](NC(=O)[C@@H](NC(=O)CNC(=O)[C@@H]1CCCN1C)C(C)C)[C@@H](C)CC)[C@H](C)O)C(=O)N[C@H](C(=O)N[C@@H](CCCN=C(N)N)C(=O)N1CCC[C@H]1C(=O)NCC)[C@@H](C)CC. The highest BCUT2D eigenvalue weighted by Gasteiger charge is 2.40. The van der Waals surface area contributed by atoms with Crippen molar-refractivity contribution >= 4 is 59.1 Å². The second-order valence-corrected chi connectivity index (χ2v) is 19.1. The Balaban J connectivity index is 2.27. The fourth-order valence-corrected chi connectivity index (χ4v) is 8.47. The number of carbonyl (C=O) groups excluding carboxylic acids is 9. The van der Waals surface area contributed by atoms with E-state index in [-0.39, 0.29) is 49.7 Å². The van der Waals surface area contributed by atoms with Gasteiger partial charge in [-0.3, -0.25) is 53.0 Å². The number of amides is 9. The Morgan fingerprint density at radius 3 is 1.67 bits per heavy atom. The van der Waals surface area contributed by atoms with Crippen LogP contribution >= 0.6 is 0 Å². The van der Waals surface area contributed by atoms with Gasteiger partial charge in [0.1, 0.15) is 42.3 Å². The van der Waals surface area contributed by atoms with Crippen LogP contribution in [-0.4, -0.2) is 168 Å². The summed E-state index contributed by atoms with van der Waals surface area (Å²) in [7, 11) is 1.83. The highest BCUT2D eigenvalue weighted by atomic mass is 16.3. The molecule has 11 atom stereocenters. The third kappa shape index (κ3) is 18.6. The van der Waals surface area contributed by atoms with Gasteiger partial charge in [-0.05, 0) is 90.1 Å². The largest absolute Gasteiger partial charge is 0.391 e. The molecule has 23 nitrogen and oxygen atoms in total. The molecule has 0 radical (unpaired) electrons. The maximum atomic E-state index is 14.2. The van der Waals surface area contributed by atoms with Gasteiger partial charge in [-0.15, -0.1) is 0 Å². The Hall–Kier alpha value is -5.58. The Morgan fingerprint density at radius 2 is 1.14 bits per heavy atom. The van der Waals surface area contributed by atoms with Crippen molar-refractivity contribution in [2.24, 2.45) is 34.2 Å². The molecule has 0 aliphatic carbocycles. The van der Waals surface area contributed by atoms with Crippen molar-refractivity contribution in [3.63, 3.8) is 0 Å². The molecule has 398 valence electrons. The lowest BCUT2D eigenvalue weighted by Crippen LogP contribution is -2.63. The van der Waals surface area contributed by atoms with Crippen molar-refractivity contribution in [2.75, 3.05) is 39.8 Å². The highest BCUT2D eigenvalue weighted by molar-refractivity contribution is 5.98. The van der Waals surface area contributed by atoms with Crippen molar-refractivity contribution < 1.29 is 48.3 Å². The molecule has 9 amide bonds. The molecule has 2 heterocycles. The molecule has 2 rings (SSSR count). The van der Waals surface area contributed by atoms with Crippen molar-refractivity contribution in [2.45, 2.75) is 181 Å². The van der Waals surface area contributed by atoms with E-state index in [9.17, 15) is 48.3 Å². The Bertz CT molecular complexity index is 1810. The molecule has 0 aromatic heterocycles. The average molecular weight is 992 g/mol. The maximum Gasteiger partial charge on any atom is 0.245 e. The van der Waals surface area contributed by atoms with Gasteiger partial charge in [0.25, 0.3) is 0 Å². The number of aliphatic hydroxyl groups is 1. The number of likely N-dealkylation sites (N-methyl/N-ethyl adjacent to an activating group) is 2. The van der Waals surface area contributed by atoms with Crippen LogP contribution in [-0.2, 0) is 43.2 Å². The zero-order valence-electron chi connectivity index (χ0n) is 43.2. The van der Waals surface area contributed by atoms with Gasteiger partial charge in [-0.1, -0.05) is 67.7 Å². The number of carbonyl (C=O) groups is 9. The molecule has 0 saturated carbocycles. The molecule has 0 bridgehead atoms. The molecule has 2 saturated heterocycles. The van der Waals surface area contributed by atoms with Crippen LogP contribution in [0.5, 0.6) is 0 Å². The minimum atomic E-state index is -1.60. The number of nitrogens with two attached hydrogens (primary N) is 2. The fraction of sp³-hybridized carbons (Fsp3) is 0.787. The third-order valence-corrected chi connectivity index (χ3v) is 13.1. The monoisotopic (exact) mass is 992 g/mol. The highest BCUT2D eigenvalue weighted by Crippen LogP contribution is 2.21. The van der Waals surface area contributed by atoms with E-state index in [0.717, 1.165) is 13.0 Å². The smallest absolute Gasteiger partial charge is 0.245 e. The summed E-state index contributed by atoms with van der Waals surface area (Å²) in [6.07, 6.45) is 2.89. The summed E-state index contributed by atoms with van der Waals surface area (Å²) >= 11 is 0. The van der Waals surface area contributed by atoms with Gasteiger partial charge < -0.3 is 64.0 Å². The van der Waals surface area contributed by atoms with Gasteiger partial charge in [0, 0.05) is 19.6 Å². The number of nitrogens with zero attached hydrogens (tertiary/aromatic N) is 3. The van der Waals surface area contributed by atoms with Gasteiger partial charge in [-0.2, -0.15) is 0 Å². The lowest BCUT2D eigenvalue weighted by molar-refractivity contribution is -0.142. The molecular formula is C47H85N13O10. The Kier molecular flexibility index (Phi) is 26.1. The number of likely N-dealkylation sites (tertiary alicyclic amines) is 2. The van der Waals surface area contributed by atoms with E-state index in [1.807, 2.05) is 18.9 Å².